The molecule has 0 saturated carbocycles. The fraction of sp³-hybridized carbons (Fsp3) is 1.00. The average molecular weight is 227 g/mol. The van der Waals surface area contributed by atoms with Crippen LogP contribution >= 0.6 is 0 Å². The molecule has 0 aromatic carbocycles. The summed E-state index contributed by atoms with van der Waals surface area (Å²) in [6.07, 6.45) is -0.201. The van der Waals surface area contributed by atoms with Gasteiger partial charge in [0.05, 0.1) is 13.6 Å². The molecule has 86 valence electrons. The highest BCUT2D eigenvalue weighted by molar-refractivity contribution is 7.85. The van der Waals surface area contributed by atoms with Crippen LogP contribution < -0.4 is 10.6 Å². The Morgan fingerprint density at radius 2 is 2.07 bits per heavy atom. The van der Waals surface area contributed by atoms with E-state index in [1.54, 1.807) is 0 Å². The summed E-state index contributed by atoms with van der Waals surface area (Å²) < 4.78 is 29.3. The van der Waals surface area contributed by atoms with Crippen molar-refractivity contribution in [2.75, 3.05) is 32.4 Å². The van der Waals surface area contributed by atoms with Crippen LogP contribution in [-0.4, -0.2) is 56.6 Å². The maximum atomic E-state index is 10.4. The molecular formula is C7H19N2O4S+. The molecule has 2 atom stereocenters. The van der Waals surface area contributed by atoms with Crippen molar-refractivity contribution < 1.29 is 23.0 Å². The fourth-order valence-corrected chi connectivity index (χ4v) is 1.81. The van der Waals surface area contributed by atoms with Crippen molar-refractivity contribution in [3.63, 3.8) is 0 Å². The second kappa shape index (κ2) is 6.31. The van der Waals surface area contributed by atoms with E-state index in [1.165, 1.54) is 0 Å². The molecule has 0 rings (SSSR count). The molecule has 0 aromatic rings. The van der Waals surface area contributed by atoms with E-state index in [0.717, 1.165) is 17.9 Å². The Kier molecular flexibility index (Phi) is 6.21. The Hall–Kier alpha value is -0.210. The van der Waals surface area contributed by atoms with Crippen molar-refractivity contribution in [2.45, 2.75) is 12.5 Å². The van der Waals surface area contributed by atoms with E-state index in [-0.39, 0.29) is 0 Å². The van der Waals surface area contributed by atoms with Crippen LogP contribution in [0.2, 0.25) is 0 Å². The van der Waals surface area contributed by atoms with Gasteiger partial charge in [0.2, 0.25) is 0 Å². The monoisotopic (exact) mass is 227 g/mol. The number of nitrogens with two attached hydrogens (primary N) is 1. The molecule has 0 fully saturated rings. The van der Waals surface area contributed by atoms with Crippen LogP contribution in [0, 0.1) is 0 Å². The zero-order valence-electron chi connectivity index (χ0n) is 8.31. The maximum Gasteiger partial charge on any atom is 0.267 e. The zero-order chi connectivity index (χ0) is 11.2. The maximum absolute atomic E-state index is 10.4. The highest BCUT2D eigenvalue weighted by Crippen LogP contribution is 1.87. The second-order valence-corrected chi connectivity index (χ2v) is 4.95. The van der Waals surface area contributed by atoms with Gasteiger partial charge in [0.25, 0.3) is 10.1 Å². The van der Waals surface area contributed by atoms with Crippen molar-refractivity contribution in [2.24, 2.45) is 5.73 Å². The minimum absolute atomic E-state index is 0.291. The third-order valence-electron chi connectivity index (χ3n) is 1.79. The summed E-state index contributed by atoms with van der Waals surface area (Å²) in [4.78, 5) is 0.992. The van der Waals surface area contributed by atoms with Gasteiger partial charge in [0.15, 0.2) is 0 Å². The summed E-state index contributed by atoms with van der Waals surface area (Å²) in [5.41, 5.74) is 5.30. The van der Waals surface area contributed by atoms with Crippen molar-refractivity contribution >= 4 is 10.1 Å². The first-order valence-electron chi connectivity index (χ1n) is 4.49. The number of aliphatic hydroxyl groups excluding tert-OH is 1. The van der Waals surface area contributed by atoms with Crippen LogP contribution in [0.5, 0.6) is 0 Å². The molecule has 0 aliphatic carbocycles. The molecule has 0 amide bonds. The van der Waals surface area contributed by atoms with E-state index in [4.69, 9.17) is 10.3 Å². The Labute approximate surface area is 84.5 Å². The lowest BCUT2D eigenvalue weighted by Crippen LogP contribution is -3.10. The molecule has 14 heavy (non-hydrogen) atoms. The molecule has 0 radical (unpaired) electrons. The lowest BCUT2D eigenvalue weighted by molar-refractivity contribution is -0.882. The highest BCUT2D eigenvalue weighted by atomic mass is 32.2. The highest BCUT2D eigenvalue weighted by Gasteiger charge is 2.17. The normalized spacial score (nSPS) is 16.6. The number of aliphatic hydroxyl groups is 1. The number of hydrogen-bond donors (Lipinski definition) is 4. The van der Waals surface area contributed by atoms with E-state index >= 15 is 0 Å². The van der Waals surface area contributed by atoms with Gasteiger partial charge in [-0.2, -0.15) is 8.42 Å². The first-order valence-corrected chi connectivity index (χ1v) is 6.10. The van der Waals surface area contributed by atoms with E-state index < -0.39 is 22.0 Å². The van der Waals surface area contributed by atoms with Crippen LogP contribution in [0.3, 0.4) is 0 Å². The molecule has 0 bridgehead atoms. The van der Waals surface area contributed by atoms with Gasteiger partial charge in [0, 0.05) is 6.42 Å². The summed E-state index contributed by atoms with van der Waals surface area (Å²) >= 11 is 0. The predicted octanol–water partition coefficient (Wildman–Crippen LogP) is -2.90. The third-order valence-corrected chi connectivity index (χ3v) is 2.60. The molecule has 0 heterocycles. The first kappa shape index (κ1) is 13.8. The van der Waals surface area contributed by atoms with Gasteiger partial charge in [-0.15, -0.1) is 0 Å². The average Bonchev–Trinajstić information content (AvgIpc) is 1.96. The Bertz CT molecular complexity index is 242. The Morgan fingerprint density at radius 3 is 2.50 bits per heavy atom. The lowest BCUT2D eigenvalue weighted by Gasteiger charge is -2.16. The van der Waals surface area contributed by atoms with Crippen molar-refractivity contribution in [3.8, 4) is 0 Å². The van der Waals surface area contributed by atoms with Crippen molar-refractivity contribution in [3.05, 3.63) is 0 Å². The summed E-state index contributed by atoms with van der Waals surface area (Å²) in [5, 5.41) is 9.26. The second-order valence-electron chi connectivity index (χ2n) is 3.46. The van der Waals surface area contributed by atoms with Gasteiger partial charge >= 0.3 is 0 Å². The summed E-state index contributed by atoms with van der Waals surface area (Å²) in [6.45, 7) is 1.64. The first-order chi connectivity index (χ1) is 6.35. The van der Waals surface area contributed by atoms with E-state index in [0.29, 0.717) is 13.1 Å². The number of likely N-dealkylation sites (N-methyl/N-ethyl adjacent to an activating group) is 1. The fourth-order valence-electron chi connectivity index (χ4n) is 1.21. The molecule has 0 spiro atoms. The molecule has 0 aliphatic rings. The smallest absolute Gasteiger partial charge is 0.267 e. The van der Waals surface area contributed by atoms with Gasteiger partial charge in [-0.25, -0.2) is 0 Å². The molecule has 6 nitrogen and oxygen atoms in total. The molecule has 0 saturated heterocycles. The number of nitrogens with one attached hydrogen (secondary N) is 1. The minimum atomic E-state index is -4.08. The van der Waals surface area contributed by atoms with E-state index in [2.05, 4.69) is 0 Å². The van der Waals surface area contributed by atoms with Crippen LogP contribution in [0.4, 0.5) is 0 Å². The summed E-state index contributed by atoms with van der Waals surface area (Å²) in [7, 11) is -2.24. The van der Waals surface area contributed by atoms with E-state index in [1.807, 2.05) is 7.05 Å². The molecule has 2 unspecified atom stereocenters. The predicted molar refractivity (Wildman–Crippen MR) is 52.7 cm³/mol. The number of quaternary nitrogens is 1. The van der Waals surface area contributed by atoms with Gasteiger partial charge in [-0.3, -0.25) is 4.55 Å². The molecule has 0 aliphatic heterocycles. The quantitative estimate of drug-likeness (QED) is 0.349. The zero-order valence-corrected chi connectivity index (χ0v) is 9.13. The van der Waals surface area contributed by atoms with Crippen LogP contribution in [0.15, 0.2) is 0 Å². The van der Waals surface area contributed by atoms with Gasteiger partial charge < -0.3 is 15.7 Å². The van der Waals surface area contributed by atoms with Crippen LogP contribution in [-0.2, 0) is 10.1 Å². The SMILES string of the molecule is C[NH+](CCCN)CC(O)CS(=O)(=O)O. The summed E-state index contributed by atoms with van der Waals surface area (Å²) in [5.74, 6) is -0.604. The van der Waals surface area contributed by atoms with Crippen molar-refractivity contribution in [1.29, 1.82) is 0 Å². The van der Waals surface area contributed by atoms with Gasteiger partial charge in [-0.05, 0) is 6.54 Å². The Balaban J connectivity index is 3.76. The van der Waals surface area contributed by atoms with Gasteiger partial charge in [0.1, 0.15) is 18.4 Å². The third kappa shape index (κ3) is 8.39. The van der Waals surface area contributed by atoms with Crippen LogP contribution in [0.1, 0.15) is 6.42 Å². The molecule has 7 heteroatoms. The lowest BCUT2D eigenvalue weighted by atomic mass is 10.3. The van der Waals surface area contributed by atoms with Crippen molar-refractivity contribution in [1.82, 2.24) is 0 Å². The molecule has 5 N–H and O–H groups in total. The minimum Gasteiger partial charge on any atom is -0.386 e. The number of rotatable bonds is 7. The van der Waals surface area contributed by atoms with Gasteiger partial charge in [-0.1, -0.05) is 0 Å². The largest absolute Gasteiger partial charge is 0.386 e. The standard InChI is InChI=1S/C7H18N2O4S/c1-9(4-2-3-8)5-7(10)6-14(11,12)13/h7,10H,2-6,8H2,1H3,(H,11,12,13)/p+1. The molecule has 0 aromatic heterocycles. The van der Waals surface area contributed by atoms with Crippen LogP contribution in [0.25, 0.3) is 0 Å². The molecular weight excluding hydrogens is 208 g/mol. The summed E-state index contributed by atoms with van der Waals surface area (Å²) in [6, 6.07) is 0. The number of hydrogen-bond acceptors (Lipinski definition) is 4. The van der Waals surface area contributed by atoms with E-state index in [9.17, 15) is 13.5 Å². The Morgan fingerprint density at radius 1 is 1.50 bits per heavy atom. The topological polar surface area (TPSA) is 105 Å².